The number of nitrogens with zero attached hydrogens (tertiary/aromatic N) is 2. The molecule has 2 aromatic carbocycles. The number of rotatable bonds is 13. The van der Waals surface area contributed by atoms with E-state index in [9.17, 15) is 9.90 Å². The van der Waals surface area contributed by atoms with Crippen molar-refractivity contribution in [3.63, 3.8) is 0 Å². The van der Waals surface area contributed by atoms with Gasteiger partial charge in [0.2, 0.25) is 0 Å². The number of amides is 1. The van der Waals surface area contributed by atoms with E-state index in [0.717, 1.165) is 47.8 Å². The minimum Gasteiger partial charge on any atom is -0.497 e. The lowest BCUT2D eigenvalue weighted by Gasteiger charge is -2.43. The first-order valence-electron chi connectivity index (χ1n) is 15.2. The van der Waals surface area contributed by atoms with E-state index >= 15 is 0 Å². The van der Waals surface area contributed by atoms with Gasteiger partial charge in [0.05, 0.1) is 51.2 Å². The molecule has 238 valence electrons. The Hall–Kier alpha value is -3.05. The summed E-state index contributed by atoms with van der Waals surface area (Å²) in [5.74, 6) is 1.47. The van der Waals surface area contributed by atoms with Gasteiger partial charge in [0.25, 0.3) is 0 Å². The maximum Gasteiger partial charge on any atom is 0.410 e. The molecule has 10 heteroatoms. The van der Waals surface area contributed by atoms with Gasteiger partial charge in [0.1, 0.15) is 23.7 Å². The van der Waals surface area contributed by atoms with Gasteiger partial charge in [-0.15, -0.1) is 0 Å². The summed E-state index contributed by atoms with van der Waals surface area (Å²) >= 11 is 0. The first kappa shape index (κ1) is 32.9. The van der Waals surface area contributed by atoms with Crippen LogP contribution in [-0.2, 0) is 25.6 Å². The minimum atomic E-state index is -0.631. The maximum atomic E-state index is 13.2. The van der Waals surface area contributed by atoms with Gasteiger partial charge in [0.15, 0.2) is 0 Å². The van der Waals surface area contributed by atoms with Crippen molar-refractivity contribution in [2.45, 2.75) is 63.9 Å². The molecule has 0 aliphatic carbocycles. The highest BCUT2D eigenvalue weighted by Gasteiger charge is 2.42. The van der Waals surface area contributed by atoms with Crippen LogP contribution < -0.4 is 14.4 Å². The van der Waals surface area contributed by atoms with Crippen molar-refractivity contribution < 1.29 is 38.3 Å². The Morgan fingerprint density at radius 3 is 2.42 bits per heavy atom. The highest BCUT2D eigenvalue weighted by Crippen LogP contribution is 2.36. The Balaban J connectivity index is 1.59. The summed E-state index contributed by atoms with van der Waals surface area (Å²) in [5, 5.41) is 9.41. The van der Waals surface area contributed by atoms with Crippen molar-refractivity contribution in [1.29, 1.82) is 0 Å². The van der Waals surface area contributed by atoms with Crippen molar-refractivity contribution in [2.24, 2.45) is 0 Å². The third kappa shape index (κ3) is 9.22. The Labute approximate surface area is 255 Å². The topological polar surface area (TPSA) is 99.2 Å². The summed E-state index contributed by atoms with van der Waals surface area (Å²) in [6, 6.07) is 14.1. The molecule has 1 N–H and O–H groups in total. The second kappa shape index (κ2) is 15.6. The number of anilines is 1. The third-order valence-electron chi connectivity index (χ3n) is 7.61. The molecule has 4 rings (SSSR count). The normalized spacial score (nSPS) is 20.4. The number of carbonyl (C=O) groups excluding carboxylic acids is 1. The van der Waals surface area contributed by atoms with Crippen molar-refractivity contribution >= 4 is 11.8 Å². The maximum absolute atomic E-state index is 13.2. The van der Waals surface area contributed by atoms with E-state index in [-0.39, 0.29) is 24.7 Å². The van der Waals surface area contributed by atoms with E-state index in [1.54, 1.807) is 19.1 Å². The summed E-state index contributed by atoms with van der Waals surface area (Å²) in [6.07, 6.45) is 0.295. The Bertz CT molecular complexity index is 1150. The largest absolute Gasteiger partial charge is 0.497 e. The predicted molar refractivity (Wildman–Crippen MR) is 164 cm³/mol. The van der Waals surface area contributed by atoms with Gasteiger partial charge in [0, 0.05) is 39.4 Å². The van der Waals surface area contributed by atoms with Gasteiger partial charge in [-0.1, -0.05) is 18.2 Å². The number of carbonyl (C=O) groups is 1. The Morgan fingerprint density at radius 1 is 1.00 bits per heavy atom. The van der Waals surface area contributed by atoms with Gasteiger partial charge >= 0.3 is 6.09 Å². The minimum absolute atomic E-state index is 0.0279. The van der Waals surface area contributed by atoms with Gasteiger partial charge in [-0.25, -0.2) is 4.79 Å². The average molecular weight is 601 g/mol. The summed E-state index contributed by atoms with van der Waals surface area (Å²) in [5.41, 5.74) is 2.47. The van der Waals surface area contributed by atoms with Crippen LogP contribution in [0.4, 0.5) is 10.5 Å². The van der Waals surface area contributed by atoms with E-state index in [1.807, 2.05) is 57.2 Å². The van der Waals surface area contributed by atoms with Gasteiger partial charge in [-0.05, 0) is 69.0 Å². The molecule has 0 spiro atoms. The van der Waals surface area contributed by atoms with Crippen LogP contribution in [0.3, 0.4) is 0 Å². The fourth-order valence-corrected chi connectivity index (χ4v) is 5.56. The standard InChI is InChI=1S/C33H48N2O8/c1-33(2,3)43-32(37)35-21-29(40-18-7-16-36)31(25-9-11-26(39-5)12-10-25)30(22-35)42-23-24-8-13-28-27(20-24)34(15-19-41-28)14-6-17-38-4/h8-13,20,29-31,36H,6-7,14-19,21-23H2,1-5H3/t29-,30+,31+/m1/s1. The van der Waals surface area contributed by atoms with Crippen LogP contribution in [0.2, 0.25) is 0 Å². The fourth-order valence-electron chi connectivity index (χ4n) is 5.56. The number of hydrogen-bond donors (Lipinski definition) is 1. The van der Waals surface area contributed by atoms with Crippen LogP contribution in [0.15, 0.2) is 42.5 Å². The zero-order valence-corrected chi connectivity index (χ0v) is 26.3. The number of aliphatic hydroxyl groups is 1. The van der Waals surface area contributed by atoms with E-state index < -0.39 is 11.7 Å². The molecular weight excluding hydrogens is 552 g/mol. The molecule has 2 aromatic rings. The lowest BCUT2D eigenvalue weighted by atomic mass is 9.84. The fraction of sp³-hybridized carbons (Fsp3) is 0.606. The highest BCUT2D eigenvalue weighted by atomic mass is 16.6. The second-order valence-corrected chi connectivity index (χ2v) is 12.0. The number of likely N-dealkylation sites (tertiary alicyclic amines) is 1. The first-order chi connectivity index (χ1) is 20.7. The van der Waals surface area contributed by atoms with Crippen LogP contribution in [-0.4, -0.2) is 101 Å². The molecule has 3 atom stereocenters. The monoisotopic (exact) mass is 600 g/mol. The number of ether oxygens (including phenoxy) is 6. The number of fused-ring (bicyclic) bond motifs is 1. The summed E-state index contributed by atoms with van der Waals surface area (Å²) in [7, 11) is 3.36. The predicted octanol–water partition coefficient (Wildman–Crippen LogP) is 4.62. The van der Waals surface area contributed by atoms with Gasteiger partial charge < -0.3 is 43.3 Å². The zero-order chi connectivity index (χ0) is 30.8. The Morgan fingerprint density at radius 2 is 1.74 bits per heavy atom. The molecule has 0 aromatic heterocycles. The van der Waals surface area contributed by atoms with Crippen LogP contribution in [0.1, 0.15) is 50.7 Å². The number of piperidine rings is 1. The van der Waals surface area contributed by atoms with Crippen LogP contribution >= 0.6 is 0 Å². The summed E-state index contributed by atoms with van der Waals surface area (Å²) < 4.78 is 35.3. The highest BCUT2D eigenvalue weighted by molar-refractivity contribution is 5.68. The molecule has 1 fully saturated rings. The van der Waals surface area contributed by atoms with Gasteiger partial charge in [-0.3, -0.25) is 0 Å². The molecule has 0 unspecified atom stereocenters. The van der Waals surface area contributed by atoms with Crippen LogP contribution in [0, 0.1) is 0 Å². The molecule has 2 heterocycles. The van der Waals surface area contributed by atoms with Crippen molar-refractivity contribution in [3.05, 3.63) is 53.6 Å². The number of aliphatic hydroxyl groups excluding tert-OH is 1. The molecule has 0 radical (unpaired) electrons. The molecule has 0 bridgehead atoms. The average Bonchev–Trinajstić information content (AvgIpc) is 2.99. The third-order valence-corrected chi connectivity index (χ3v) is 7.61. The van der Waals surface area contributed by atoms with E-state index in [2.05, 4.69) is 11.0 Å². The van der Waals surface area contributed by atoms with Crippen LogP contribution in [0.5, 0.6) is 11.5 Å². The van der Waals surface area contributed by atoms with Crippen molar-refractivity contribution in [1.82, 2.24) is 4.90 Å². The zero-order valence-electron chi connectivity index (χ0n) is 26.3. The van der Waals surface area contributed by atoms with Crippen molar-refractivity contribution in [2.75, 3.05) is 71.7 Å². The second-order valence-electron chi connectivity index (χ2n) is 12.0. The van der Waals surface area contributed by atoms with Crippen LogP contribution in [0.25, 0.3) is 0 Å². The lowest BCUT2D eigenvalue weighted by molar-refractivity contribution is -0.0971. The smallest absolute Gasteiger partial charge is 0.410 e. The van der Waals surface area contributed by atoms with Crippen molar-refractivity contribution in [3.8, 4) is 11.5 Å². The molecule has 10 nitrogen and oxygen atoms in total. The summed E-state index contributed by atoms with van der Waals surface area (Å²) in [6.45, 7) is 10.1. The van der Waals surface area contributed by atoms with E-state index in [4.69, 9.17) is 28.4 Å². The molecule has 0 saturated carbocycles. The molecule has 43 heavy (non-hydrogen) atoms. The molecule has 1 amide bonds. The lowest BCUT2D eigenvalue weighted by Crippen LogP contribution is -2.55. The SMILES string of the molecule is COCCCN1CCOc2ccc(CO[C@H]3CN(C(=O)OC(C)(C)C)C[C@@H](OCCCO)[C@@H]3c3ccc(OC)cc3)cc21. The number of hydrogen-bond acceptors (Lipinski definition) is 9. The molecule has 1 saturated heterocycles. The first-order valence-corrected chi connectivity index (χ1v) is 15.2. The summed E-state index contributed by atoms with van der Waals surface area (Å²) in [4.78, 5) is 17.3. The van der Waals surface area contributed by atoms with E-state index in [1.165, 1.54) is 0 Å². The van der Waals surface area contributed by atoms with E-state index in [0.29, 0.717) is 45.9 Å². The molecular formula is C33H48N2O8. The quantitative estimate of drug-likeness (QED) is 0.330. The Kier molecular flexibility index (Phi) is 11.9. The molecule has 2 aliphatic heterocycles. The number of benzene rings is 2. The number of methoxy groups -OCH3 is 2. The molecule has 2 aliphatic rings. The van der Waals surface area contributed by atoms with Gasteiger partial charge in [-0.2, -0.15) is 0 Å².